The van der Waals surface area contributed by atoms with Crippen molar-refractivity contribution in [2.45, 2.75) is 38.6 Å². The minimum atomic E-state index is -0.762. The number of carboxylic acid groups (broad SMARTS) is 1. The molecule has 4 nitrogen and oxygen atoms in total. The van der Waals surface area contributed by atoms with E-state index in [1.807, 2.05) is 30.0 Å². The first-order chi connectivity index (χ1) is 8.90. The summed E-state index contributed by atoms with van der Waals surface area (Å²) in [4.78, 5) is 13.4. The lowest BCUT2D eigenvalue weighted by Gasteiger charge is -2.27. The van der Waals surface area contributed by atoms with Crippen molar-refractivity contribution in [2.24, 2.45) is 0 Å². The maximum atomic E-state index is 11.4. The third-order valence-corrected chi connectivity index (χ3v) is 3.86. The summed E-state index contributed by atoms with van der Waals surface area (Å²) in [6.07, 6.45) is 0.594. The van der Waals surface area contributed by atoms with Crippen molar-refractivity contribution in [2.75, 3.05) is 18.6 Å². The summed E-state index contributed by atoms with van der Waals surface area (Å²) in [5.41, 5.74) is 2.11. The van der Waals surface area contributed by atoms with Crippen LogP contribution in [0.5, 0.6) is 5.75 Å². The van der Waals surface area contributed by atoms with E-state index in [2.05, 4.69) is 13.8 Å². The molecule has 0 amide bonds. The van der Waals surface area contributed by atoms with E-state index in [1.54, 1.807) is 7.11 Å². The van der Waals surface area contributed by atoms with Gasteiger partial charge in [0.25, 0.3) is 0 Å². The molecule has 1 aliphatic rings. The molecule has 1 unspecified atom stereocenters. The normalized spacial score (nSPS) is 18.0. The molecule has 1 aromatic rings. The number of anilines is 1. The van der Waals surface area contributed by atoms with Crippen LogP contribution < -0.4 is 9.64 Å². The number of fused-ring (bicyclic) bond motifs is 1. The largest absolute Gasteiger partial charge is 0.497 e. The molecule has 4 heteroatoms. The molecule has 2 rings (SSSR count). The zero-order chi connectivity index (χ0) is 14.2. The maximum Gasteiger partial charge on any atom is 0.326 e. The molecule has 19 heavy (non-hydrogen) atoms. The summed E-state index contributed by atoms with van der Waals surface area (Å²) in [6, 6.07) is 5.41. The maximum absolute atomic E-state index is 11.4. The van der Waals surface area contributed by atoms with Crippen molar-refractivity contribution in [3.63, 3.8) is 0 Å². The van der Waals surface area contributed by atoms with E-state index < -0.39 is 12.0 Å². The number of benzene rings is 1. The number of carboxylic acids is 1. The van der Waals surface area contributed by atoms with Crippen molar-refractivity contribution < 1.29 is 14.6 Å². The second-order valence-electron chi connectivity index (χ2n) is 5.66. The van der Waals surface area contributed by atoms with E-state index in [0.717, 1.165) is 23.5 Å². The first-order valence-electron chi connectivity index (χ1n) is 6.58. The number of ether oxygens (including phenoxy) is 1. The Hall–Kier alpha value is -1.71. The summed E-state index contributed by atoms with van der Waals surface area (Å²) < 4.78 is 5.27. The van der Waals surface area contributed by atoms with Crippen LogP contribution in [0.15, 0.2) is 18.2 Å². The Morgan fingerprint density at radius 1 is 1.53 bits per heavy atom. The average Bonchev–Trinajstić information content (AvgIpc) is 2.62. The van der Waals surface area contributed by atoms with Crippen LogP contribution in [0.1, 0.15) is 32.8 Å². The fourth-order valence-electron chi connectivity index (χ4n) is 2.84. The summed E-state index contributed by atoms with van der Waals surface area (Å²) in [7, 11) is 1.65. The first kappa shape index (κ1) is 13.7. The zero-order valence-electron chi connectivity index (χ0n) is 11.9. The highest BCUT2D eigenvalue weighted by Crippen LogP contribution is 2.43. The second kappa shape index (κ2) is 4.76. The van der Waals surface area contributed by atoms with Gasteiger partial charge in [0.15, 0.2) is 0 Å². The van der Waals surface area contributed by atoms with E-state index in [0.29, 0.717) is 6.42 Å². The fraction of sp³-hybridized carbons (Fsp3) is 0.533. The van der Waals surface area contributed by atoms with Crippen LogP contribution in [0.25, 0.3) is 0 Å². The molecule has 1 aromatic carbocycles. The van der Waals surface area contributed by atoms with Crippen LogP contribution in [-0.2, 0) is 10.2 Å². The SMILES string of the molecule is CCC(C(=O)O)N1CC(C)(C)c2cc(OC)ccc21. The quantitative estimate of drug-likeness (QED) is 0.907. The number of hydrogen-bond donors (Lipinski definition) is 1. The summed E-state index contributed by atoms with van der Waals surface area (Å²) >= 11 is 0. The zero-order valence-corrected chi connectivity index (χ0v) is 11.9. The van der Waals surface area contributed by atoms with Gasteiger partial charge in [0.1, 0.15) is 11.8 Å². The predicted molar refractivity (Wildman–Crippen MR) is 75.1 cm³/mol. The Balaban J connectivity index is 2.47. The minimum absolute atomic E-state index is 0.0628. The van der Waals surface area contributed by atoms with Crippen molar-refractivity contribution in [1.82, 2.24) is 0 Å². The van der Waals surface area contributed by atoms with Gasteiger partial charge in [-0.15, -0.1) is 0 Å². The van der Waals surface area contributed by atoms with Gasteiger partial charge in [0.2, 0.25) is 0 Å². The van der Waals surface area contributed by atoms with Gasteiger partial charge in [-0.05, 0) is 30.2 Å². The van der Waals surface area contributed by atoms with Crippen LogP contribution in [0.2, 0.25) is 0 Å². The van der Waals surface area contributed by atoms with Crippen molar-refractivity contribution in [3.05, 3.63) is 23.8 Å². The Kier molecular flexibility index (Phi) is 3.43. The standard InChI is InChI=1S/C15H21NO3/c1-5-12(14(17)18)16-9-15(2,3)11-8-10(19-4)6-7-13(11)16/h6-8,12H,5,9H2,1-4H3,(H,17,18). The van der Waals surface area contributed by atoms with Gasteiger partial charge in [-0.1, -0.05) is 20.8 Å². The number of methoxy groups -OCH3 is 1. The van der Waals surface area contributed by atoms with Crippen LogP contribution >= 0.6 is 0 Å². The highest BCUT2D eigenvalue weighted by atomic mass is 16.5. The molecule has 0 saturated carbocycles. The van der Waals surface area contributed by atoms with Crippen LogP contribution in [0.3, 0.4) is 0 Å². The molecule has 0 fully saturated rings. The van der Waals surface area contributed by atoms with Crippen molar-refractivity contribution >= 4 is 11.7 Å². The summed E-state index contributed by atoms with van der Waals surface area (Å²) in [5, 5.41) is 9.36. The number of carbonyl (C=O) groups is 1. The van der Waals surface area contributed by atoms with Crippen LogP contribution in [0.4, 0.5) is 5.69 Å². The van der Waals surface area contributed by atoms with E-state index in [1.165, 1.54) is 0 Å². The molecule has 1 heterocycles. The lowest BCUT2D eigenvalue weighted by Crippen LogP contribution is -2.42. The van der Waals surface area contributed by atoms with Gasteiger partial charge in [0, 0.05) is 17.6 Å². The third kappa shape index (κ3) is 2.27. The Bertz CT molecular complexity index is 496. The number of nitrogens with zero attached hydrogens (tertiary/aromatic N) is 1. The van der Waals surface area contributed by atoms with Gasteiger partial charge >= 0.3 is 5.97 Å². The van der Waals surface area contributed by atoms with Gasteiger partial charge < -0.3 is 14.7 Å². The molecule has 0 radical (unpaired) electrons. The van der Waals surface area contributed by atoms with Crippen molar-refractivity contribution in [3.8, 4) is 5.75 Å². The summed E-state index contributed by atoms with van der Waals surface area (Å²) in [5.74, 6) is 0.0546. The van der Waals surface area contributed by atoms with Crippen LogP contribution in [-0.4, -0.2) is 30.8 Å². The molecule has 0 bridgehead atoms. The average molecular weight is 263 g/mol. The molecular weight excluding hydrogens is 242 g/mol. The Morgan fingerprint density at radius 3 is 2.74 bits per heavy atom. The van der Waals surface area contributed by atoms with E-state index >= 15 is 0 Å². The van der Waals surface area contributed by atoms with Crippen LogP contribution in [0, 0.1) is 0 Å². The number of hydrogen-bond acceptors (Lipinski definition) is 3. The molecule has 104 valence electrons. The molecule has 0 aliphatic carbocycles. The Labute approximate surface area is 114 Å². The predicted octanol–water partition coefficient (Wildman–Crippen LogP) is 2.66. The van der Waals surface area contributed by atoms with Gasteiger partial charge in [-0.25, -0.2) is 4.79 Å². The van der Waals surface area contributed by atoms with E-state index in [9.17, 15) is 9.90 Å². The lowest BCUT2D eigenvalue weighted by atomic mass is 9.87. The summed E-state index contributed by atoms with van der Waals surface area (Å²) in [6.45, 7) is 6.91. The topological polar surface area (TPSA) is 49.8 Å². The highest BCUT2D eigenvalue weighted by molar-refractivity contribution is 5.80. The molecular formula is C15H21NO3. The number of aliphatic carboxylic acids is 1. The Morgan fingerprint density at radius 2 is 2.21 bits per heavy atom. The minimum Gasteiger partial charge on any atom is -0.497 e. The second-order valence-corrected chi connectivity index (χ2v) is 5.66. The monoisotopic (exact) mass is 263 g/mol. The van der Waals surface area contributed by atoms with Gasteiger partial charge in [-0.2, -0.15) is 0 Å². The molecule has 0 spiro atoms. The van der Waals surface area contributed by atoms with E-state index in [4.69, 9.17) is 4.74 Å². The smallest absolute Gasteiger partial charge is 0.326 e. The lowest BCUT2D eigenvalue weighted by molar-refractivity contribution is -0.138. The van der Waals surface area contributed by atoms with E-state index in [-0.39, 0.29) is 5.41 Å². The van der Waals surface area contributed by atoms with Gasteiger partial charge in [-0.3, -0.25) is 0 Å². The highest BCUT2D eigenvalue weighted by Gasteiger charge is 2.39. The molecule has 1 aliphatic heterocycles. The fourth-order valence-corrected chi connectivity index (χ4v) is 2.84. The molecule has 1 atom stereocenters. The third-order valence-electron chi connectivity index (χ3n) is 3.86. The van der Waals surface area contributed by atoms with Crippen molar-refractivity contribution in [1.29, 1.82) is 0 Å². The van der Waals surface area contributed by atoms with Gasteiger partial charge in [0.05, 0.1) is 7.11 Å². The molecule has 0 saturated heterocycles. The molecule has 0 aromatic heterocycles. The number of rotatable bonds is 4. The molecule has 1 N–H and O–H groups in total. The first-order valence-corrected chi connectivity index (χ1v) is 6.58.